The lowest BCUT2D eigenvalue weighted by atomic mass is 9.97. The molecule has 0 fully saturated rings. The van der Waals surface area contributed by atoms with Gasteiger partial charge in [0.2, 0.25) is 0 Å². The van der Waals surface area contributed by atoms with Gasteiger partial charge in [-0.25, -0.2) is 9.48 Å². The molecule has 1 unspecified atom stereocenters. The molecule has 2 aromatic rings. The molecule has 0 aliphatic carbocycles. The molecule has 11 heteroatoms. The number of aromatic nitrogens is 2. The normalized spacial score (nSPS) is 16.4. The lowest BCUT2D eigenvalue weighted by molar-refractivity contribution is -0.141. The van der Waals surface area contributed by atoms with Crippen molar-refractivity contribution < 1.29 is 22.8 Å². The average molecular weight is 434 g/mol. The first kappa shape index (κ1) is 22.1. The van der Waals surface area contributed by atoms with Gasteiger partial charge in [-0.15, -0.1) is 0 Å². The summed E-state index contributed by atoms with van der Waals surface area (Å²) in [6.45, 7) is 3.37. The van der Waals surface area contributed by atoms with Gasteiger partial charge in [-0.3, -0.25) is 9.79 Å². The van der Waals surface area contributed by atoms with Gasteiger partial charge in [0.25, 0.3) is 5.91 Å². The second-order valence-corrected chi connectivity index (χ2v) is 7.22. The van der Waals surface area contributed by atoms with Gasteiger partial charge >= 0.3 is 12.2 Å². The number of carbonyl (C=O) groups is 2. The van der Waals surface area contributed by atoms with Crippen LogP contribution in [0.25, 0.3) is 5.69 Å². The number of allylic oxidation sites excluding steroid dienone is 1. The number of nitrogens with one attached hydrogen (secondary N) is 2. The van der Waals surface area contributed by atoms with Crippen LogP contribution in [0.3, 0.4) is 0 Å². The minimum atomic E-state index is -4.62. The Morgan fingerprint density at radius 1 is 1.29 bits per heavy atom. The van der Waals surface area contributed by atoms with Gasteiger partial charge in [-0.1, -0.05) is 19.1 Å². The molecule has 1 aliphatic rings. The Kier molecular flexibility index (Phi) is 6.14. The van der Waals surface area contributed by atoms with Gasteiger partial charge < -0.3 is 16.4 Å². The minimum absolute atomic E-state index is 0.160. The molecule has 1 aromatic heterocycles. The first-order valence-electron chi connectivity index (χ1n) is 9.39. The molecule has 1 aliphatic heterocycles. The predicted octanol–water partition coefficient (Wildman–Crippen LogP) is 2.81. The van der Waals surface area contributed by atoms with Crippen LogP contribution in [0.15, 0.2) is 47.2 Å². The van der Waals surface area contributed by atoms with E-state index in [2.05, 4.69) is 20.7 Å². The molecule has 8 nitrogen and oxygen atoms in total. The van der Waals surface area contributed by atoms with Crippen molar-refractivity contribution in [3.8, 4) is 5.69 Å². The van der Waals surface area contributed by atoms with Crippen LogP contribution < -0.4 is 16.4 Å². The average Bonchev–Trinajstić information content (AvgIpc) is 3.11. The van der Waals surface area contributed by atoms with Gasteiger partial charge in [0, 0.05) is 17.8 Å². The Hall–Kier alpha value is -3.63. The number of aliphatic imine (C=N–C) groups is 1. The Bertz CT molecular complexity index is 1070. The number of carbonyl (C=O) groups excluding carboxylic acids is 2. The van der Waals surface area contributed by atoms with Gasteiger partial charge in [-0.2, -0.15) is 18.3 Å². The molecule has 1 aromatic carbocycles. The molecule has 1 atom stereocenters. The molecule has 2 heterocycles. The highest BCUT2D eigenvalue weighted by atomic mass is 19.4. The summed E-state index contributed by atoms with van der Waals surface area (Å²) in [6.07, 6.45) is -2.95. The number of nitrogens with two attached hydrogens (primary N) is 1. The second kappa shape index (κ2) is 8.62. The topological polar surface area (TPSA) is 114 Å². The Balaban J connectivity index is 1.74. The van der Waals surface area contributed by atoms with Crippen molar-refractivity contribution in [2.75, 3.05) is 0 Å². The maximum Gasteiger partial charge on any atom is 0.435 e. The van der Waals surface area contributed by atoms with Crippen molar-refractivity contribution >= 4 is 17.6 Å². The van der Waals surface area contributed by atoms with Crippen molar-refractivity contribution in [2.24, 2.45) is 16.6 Å². The van der Waals surface area contributed by atoms with Crippen molar-refractivity contribution in [1.29, 1.82) is 0 Å². The molecule has 0 spiro atoms. The van der Waals surface area contributed by atoms with E-state index in [0.29, 0.717) is 17.8 Å². The number of alkyl halides is 3. The molecular formula is C20H21F3N6O2. The number of hydrogen-bond acceptors (Lipinski definition) is 4. The van der Waals surface area contributed by atoms with Gasteiger partial charge in [0.15, 0.2) is 5.69 Å². The molecule has 0 radical (unpaired) electrons. The third-order valence-corrected chi connectivity index (χ3v) is 4.63. The highest BCUT2D eigenvalue weighted by Crippen LogP contribution is 2.29. The van der Waals surface area contributed by atoms with E-state index in [4.69, 9.17) is 5.73 Å². The van der Waals surface area contributed by atoms with Crippen molar-refractivity contribution in [2.45, 2.75) is 33.0 Å². The first-order chi connectivity index (χ1) is 14.5. The van der Waals surface area contributed by atoms with Crippen LogP contribution in [0.5, 0.6) is 0 Å². The summed E-state index contributed by atoms with van der Waals surface area (Å²) in [5, 5.41) is 8.78. The van der Waals surface area contributed by atoms with Crippen LogP contribution in [-0.2, 0) is 17.5 Å². The number of primary amides is 1. The van der Waals surface area contributed by atoms with E-state index in [-0.39, 0.29) is 23.9 Å². The van der Waals surface area contributed by atoms with Crippen molar-refractivity contribution in [1.82, 2.24) is 20.4 Å². The van der Waals surface area contributed by atoms with Crippen LogP contribution in [0, 0.1) is 12.8 Å². The summed E-state index contributed by atoms with van der Waals surface area (Å²) in [7, 11) is 0. The van der Waals surface area contributed by atoms with E-state index in [0.717, 1.165) is 16.3 Å². The fourth-order valence-electron chi connectivity index (χ4n) is 3.17. The number of urea groups is 1. The maximum absolute atomic E-state index is 13.2. The maximum atomic E-state index is 13.2. The molecule has 3 rings (SSSR count). The summed E-state index contributed by atoms with van der Waals surface area (Å²) in [5.41, 5.74) is 6.32. The molecule has 0 bridgehead atoms. The van der Waals surface area contributed by atoms with Crippen LogP contribution in [0.1, 0.15) is 30.3 Å². The summed E-state index contributed by atoms with van der Waals surface area (Å²) < 4.78 is 40.7. The summed E-state index contributed by atoms with van der Waals surface area (Å²) >= 11 is 0. The molecule has 0 saturated heterocycles. The number of aryl methyl sites for hydroxylation is 1. The van der Waals surface area contributed by atoms with E-state index < -0.39 is 23.8 Å². The summed E-state index contributed by atoms with van der Waals surface area (Å²) in [6, 6.07) is 7.12. The number of amides is 3. The zero-order valence-electron chi connectivity index (χ0n) is 16.8. The summed E-state index contributed by atoms with van der Waals surface area (Å²) in [5.74, 6) is -0.896. The van der Waals surface area contributed by atoms with Crippen LogP contribution in [-0.4, -0.2) is 27.4 Å². The van der Waals surface area contributed by atoms with Crippen LogP contribution >= 0.6 is 0 Å². The molecule has 3 amide bonds. The standard InChI is InChI=1S/C20H21F3N6O2/c1-11-4-3-5-14(6-11)29-15(8-16(28-29)20(21,22)23)10-26-19(31)27-13-7-12(2)17(18(24)30)25-9-13/h3-6,8-9,12H,7,10H2,1-2H3,(H2,24,30)(H2,26,27,31). The number of halogens is 3. The zero-order valence-corrected chi connectivity index (χ0v) is 16.8. The number of rotatable bonds is 5. The third-order valence-electron chi connectivity index (χ3n) is 4.63. The van der Waals surface area contributed by atoms with E-state index in [1.165, 1.54) is 6.20 Å². The SMILES string of the molecule is Cc1cccc(-n2nc(C(F)(F)F)cc2CNC(=O)NC2=CN=C(C(N)=O)C(C)C2)c1. The second-order valence-electron chi connectivity index (χ2n) is 7.22. The first-order valence-corrected chi connectivity index (χ1v) is 9.39. The highest BCUT2D eigenvalue weighted by molar-refractivity contribution is 6.39. The Morgan fingerprint density at radius 2 is 2.03 bits per heavy atom. The summed E-state index contributed by atoms with van der Waals surface area (Å²) in [4.78, 5) is 27.5. The molecule has 4 N–H and O–H groups in total. The molecule has 0 saturated carbocycles. The van der Waals surface area contributed by atoms with Gasteiger partial charge in [-0.05, 0) is 37.1 Å². The Labute approximate surface area is 176 Å². The lowest BCUT2D eigenvalue weighted by Gasteiger charge is -2.19. The Morgan fingerprint density at radius 3 is 2.65 bits per heavy atom. The molecular weight excluding hydrogens is 413 g/mol. The number of benzene rings is 1. The smallest absolute Gasteiger partial charge is 0.365 e. The zero-order chi connectivity index (χ0) is 22.8. The van der Waals surface area contributed by atoms with Gasteiger partial charge in [0.05, 0.1) is 17.9 Å². The van der Waals surface area contributed by atoms with E-state index >= 15 is 0 Å². The largest absolute Gasteiger partial charge is 0.435 e. The molecule has 31 heavy (non-hydrogen) atoms. The van der Waals surface area contributed by atoms with Crippen LogP contribution in [0.2, 0.25) is 0 Å². The number of nitrogens with zero attached hydrogens (tertiary/aromatic N) is 3. The van der Waals surface area contributed by atoms with Gasteiger partial charge in [0.1, 0.15) is 5.71 Å². The fraction of sp³-hybridized carbons (Fsp3) is 0.300. The van der Waals surface area contributed by atoms with Crippen molar-refractivity contribution in [3.05, 3.63) is 59.2 Å². The highest BCUT2D eigenvalue weighted by Gasteiger charge is 2.35. The lowest BCUT2D eigenvalue weighted by Crippen LogP contribution is -2.38. The monoisotopic (exact) mass is 434 g/mol. The predicted molar refractivity (Wildman–Crippen MR) is 107 cm³/mol. The quantitative estimate of drug-likeness (QED) is 0.672. The minimum Gasteiger partial charge on any atom is -0.365 e. The third kappa shape index (κ3) is 5.30. The van der Waals surface area contributed by atoms with Crippen LogP contribution in [0.4, 0.5) is 18.0 Å². The molecule has 164 valence electrons. The van der Waals surface area contributed by atoms with E-state index in [1.807, 2.05) is 13.0 Å². The van der Waals surface area contributed by atoms with E-state index in [9.17, 15) is 22.8 Å². The van der Waals surface area contributed by atoms with Crippen molar-refractivity contribution in [3.63, 3.8) is 0 Å². The van der Waals surface area contributed by atoms with E-state index in [1.54, 1.807) is 25.1 Å². The fourth-order valence-corrected chi connectivity index (χ4v) is 3.17. The number of hydrogen-bond donors (Lipinski definition) is 3.